The third-order valence-electron chi connectivity index (χ3n) is 5.55. The molecule has 1 aliphatic heterocycles. The molecule has 2 aromatic rings. The van der Waals surface area contributed by atoms with E-state index in [2.05, 4.69) is 28.8 Å². The minimum absolute atomic E-state index is 0.000654. The molecular weight excluding hydrogens is 324 g/mol. The van der Waals surface area contributed by atoms with E-state index in [-0.39, 0.29) is 11.8 Å². The predicted octanol–water partition coefficient (Wildman–Crippen LogP) is 1.74. The molecule has 5 heteroatoms. The number of benzene rings is 1. The molecule has 26 heavy (non-hydrogen) atoms. The Balaban J connectivity index is 2.01. The second kappa shape index (κ2) is 7.98. The van der Waals surface area contributed by atoms with E-state index in [0.717, 1.165) is 44.0 Å². The van der Waals surface area contributed by atoms with Gasteiger partial charge in [-0.15, -0.1) is 0 Å². The number of hydrogen-bond donors (Lipinski definition) is 1. The third-order valence-corrected chi connectivity index (χ3v) is 5.55. The van der Waals surface area contributed by atoms with Crippen molar-refractivity contribution < 1.29 is 4.79 Å². The van der Waals surface area contributed by atoms with Crippen LogP contribution in [0.2, 0.25) is 0 Å². The second-order valence-corrected chi connectivity index (χ2v) is 7.26. The smallest absolute Gasteiger partial charge is 0.234 e. The van der Waals surface area contributed by atoms with E-state index >= 15 is 0 Å². The summed E-state index contributed by atoms with van der Waals surface area (Å²) in [7, 11) is 2.15. The molecule has 0 spiro atoms. The average molecular weight is 352 g/mol. The van der Waals surface area contributed by atoms with E-state index in [1.165, 1.54) is 0 Å². The molecule has 1 fully saturated rings. The summed E-state index contributed by atoms with van der Waals surface area (Å²) in [5.41, 5.74) is 6.75. The van der Waals surface area contributed by atoms with Gasteiger partial charge in [-0.1, -0.05) is 43.3 Å². The molecular formula is C21H28N4O. The van der Waals surface area contributed by atoms with E-state index < -0.39 is 5.41 Å². The van der Waals surface area contributed by atoms with Crippen molar-refractivity contribution in [3.63, 3.8) is 0 Å². The number of hydrogen-bond acceptors (Lipinski definition) is 4. The SMILES string of the molecule is CC(CN1CCN(C)CC1)C(C(N)=O)(c1ccccc1)c1ccccn1. The van der Waals surface area contributed by atoms with Gasteiger partial charge in [0.05, 0.1) is 5.69 Å². The molecule has 1 aliphatic rings. The van der Waals surface area contributed by atoms with Crippen LogP contribution in [0.15, 0.2) is 54.7 Å². The van der Waals surface area contributed by atoms with Crippen LogP contribution in [0.5, 0.6) is 0 Å². The second-order valence-electron chi connectivity index (χ2n) is 7.26. The lowest BCUT2D eigenvalue weighted by Crippen LogP contribution is -2.53. The van der Waals surface area contributed by atoms with Crippen LogP contribution in [-0.2, 0) is 10.2 Å². The fraction of sp³-hybridized carbons (Fsp3) is 0.429. The van der Waals surface area contributed by atoms with E-state index in [4.69, 9.17) is 5.73 Å². The van der Waals surface area contributed by atoms with Gasteiger partial charge < -0.3 is 15.5 Å². The molecule has 1 saturated heterocycles. The standard InChI is InChI=1S/C21H28N4O/c1-17(16-25-14-12-24(2)13-15-25)21(20(22)26,18-8-4-3-5-9-18)19-10-6-7-11-23-19/h3-11,17H,12-16H2,1-2H3,(H2,22,26). The van der Waals surface area contributed by atoms with Crippen molar-refractivity contribution in [1.29, 1.82) is 0 Å². The highest BCUT2D eigenvalue weighted by Crippen LogP contribution is 2.38. The van der Waals surface area contributed by atoms with Crippen LogP contribution in [0, 0.1) is 5.92 Å². The first-order valence-corrected chi connectivity index (χ1v) is 9.23. The van der Waals surface area contributed by atoms with Crippen molar-refractivity contribution in [1.82, 2.24) is 14.8 Å². The van der Waals surface area contributed by atoms with Gasteiger partial charge in [0.25, 0.3) is 0 Å². The van der Waals surface area contributed by atoms with Crippen LogP contribution >= 0.6 is 0 Å². The van der Waals surface area contributed by atoms with Gasteiger partial charge in [-0.3, -0.25) is 9.78 Å². The number of aromatic nitrogens is 1. The molecule has 5 nitrogen and oxygen atoms in total. The van der Waals surface area contributed by atoms with Gasteiger partial charge in [0.1, 0.15) is 5.41 Å². The van der Waals surface area contributed by atoms with Crippen molar-refractivity contribution in [3.8, 4) is 0 Å². The number of amides is 1. The Morgan fingerprint density at radius 2 is 1.77 bits per heavy atom. The van der Waals surface area contributed by atoms with Crippen molar-refractivity contribution in [2.75, 3.05) is 39.8 Å². The number of carbonyl (C=O) groups excluding carboxylic acids is 1. The number of nitrogens with two attached hydrogens (primary N) is 1. The van der Waals surface area contributed by atoms with E-state index in [1.807, 2.05) is 48.5 Å². The first kappa shape index (κ1) is 18.5. The summed E-state index contributed by atoms with van der Waals surface area (Å²) in [5, 5.41) is 0. The van der Waals surface area contributed by atoms with E-state index in [9.17, 15) is 4.79 Å². The maximum Gasteiger partial charge on any atom is 0.234 e. The van der Waals surface area contributed by atoms with Crippen LogP contribution in [0.25, 0.3) is 0 Å². The predicted molar refractivity (Wildman–Crippen MR) is 104 cm³/mol. The zero-order chi connectivity index (χ0) is 18.6. The van der Waals surface area contributed by atoms with Gasteiger partial charge in [0, 0.05) is 38.9 Å². The van der Waals surface area contributed by atoms with Gasteiger partial charge >= 0.3 is 0 Å². The monoisotopic (exact) mass is 352 g/mol. The Morgan fingerprint density at radius 3 is 2.35 bits per heavy atom. The summed E-state index contributed by atoms with van der Waals surface area (Å²) >= 11 is 0. The van der Waals surface area contributed by atoms with Gasteiger partial charge in [-0.2, -0.15) is 0 Å². The summed E-state index contributed by atoms with van der Waals surface area (Å²) in [6.07, 6.45) is 1.73. The molecule has 0 saturated carbocycles. The number of carbonyl (C=O) groups is 1. The quantitative estimate of drug-likeness (QED) is 0.860. The minimum atomic E-state index is -0.939. The summed E-state index contributed by atoms with van der Waals surface area (Å²) in [5.74, 6) is -0.343. The molecule has 1 aromatic heterocycles. The van der Waals surface area contributed by atoms with E-state index in [1.54, 1.807) is 6.20 Å². The highest BCUT2D eigenvalue weighted by atomic mass is 16.1. The van der Waals surface area contributed by atoms with Crippen molar-refractivity contribution in [2.45, 2.75) is 12.3 Å². The number of rotatable bonds is 6. The number of primary amides is 1. The summed E-state index contributed by atoms with van der Waals surface area (Å²) in [4.78, 5) is 22.2. The maximum absolute atomic E-state index is 12.9. The molecule has 2 heterocycles. The molecule has 1 amide bonds. The number of piperazine rings is 1. The highest BCUT2D eigenvalue weighted by Gasteiger charge is 2.47. The van der Waals surface area contributed by atoms with Crippen LogP contribution < -0.4 is 5.73 Å². The molecule has 0 aliphatic carbocycles. The van der Waals surface area contributed by atoms with Crippen LogP contribution in [0.3, 0.4) is 0 Å². The first-order chi connectivity index (χ1) is 12.5. The number of likely N-dealkylation sites (N-methyl/N-ethyl adjacent to an activating group) is 1. The Hall–Kier alpha value is -2.24. The molecule has 138 valence electrons. The molecule has 2 unspecified atom stereocenters. The molecule has 0 bridgehead atoms. The summed E-state index contributed by atoms with van der Waals surface area (Å²) in [6, 6.07) is 15.5. The van der Waals surface area contributed by atoms with Crippen LogP contribution in [0.4, 0.5) is 0 Å². The van der Waals surface area contributed by atoms with Gasteiger partial charge in [0.15, 0.2) is 0 Å². The number of pyridine rings is 1. The molecule has 2 N–H and O–H groups in total. The van der Waals surface area contributed by atoms with Crippen LogP contribution in [0.1, 0.15) is 18.2 Å². The highest BCUT2D eigenvalue weighted by molar-refractivity contribution is 5.90. The van der Waals surface area contributed by atoms with Crippen molar-refractivity contribution >= 4 is 5.91 Å². The van der Waals surface area contributed by atoms with Gasteiger partial charge in [-0.25, -0.2) is 0 Å². The normalized spacial score (nSPS) is 19.6. The lowest BCUT2D eigenvalue weighted by atomic mass is 9.67. The Bertz CT molecular complexity index is 672. The average Bonchev–Trinajstić information content (AvgIpc) is 2.66. The number of nitrogens with zero attached hydrogens (tertiary/aromatic N) is 3. The zero-order valence-corrected chi connectivity index (χ0v) is 15.6. The first-order valence-electron chi connectivity index (χ1n) is 9.23. The summed E-state index contributed by atoms with van der Waals surface area (Å²) in [6.45, 7) is 7.03. The van der Waals surface area contributed by atoms with E-state index in [0.29, 0.717) is 0 Å². The Labute approximate surface area is 155 Å². The molecule has 2 atom stereocenters. The lowest BCUT2D eigenvalue weighted by molar-refractivity contribution is -0.124. The Morgan fingerprint density at radius 1 is 1.12 bits per heavy atom. The van der Waals surface area contributed by atoms with Gasteiger partial charge in [0.2, 0.25) is 5.91 Å². The topological polar surface area (TPSA) is 62.5 Å². The maximum atomic E-state index is 12.9. The molecule has 0 radical (unpaired) electrons. The minimum Gasteiger partial charge on any atom is -0.369 e. The van der Waals surface area contributed by atoms with Crippen LogP contribution in [-0.4, -0.2) is 60.5 Å². The third kappa shape index (κ3) is 3.50. The molecule has 1 aromatic carbocycles. The molecule has 3 rings (SSSR count). The van der Waals surface area contributed by atoms with Crippen molar-refractivity contribution in [2.24, 2.45) is 11.7 Å². The Kier molecular flexibility index (Phi) is 5.69. The van der Waals surface area contributed by atoms with Crippen molar-refractivity contribution in [3.05, 3.63) is 66.0 Å². The van der Waals surface area contributed by atoms with Gasteiger partial charge in [-0.05, 0) is 30.7 Å². The largest absolute Gasteiger partial charge is 0.369 e. The lowest BCUT2D eigenvalue weighted by Gasteiger charge is -2.41. The fourth-order valence-electron chi connectivity index (χ4n) is 4.05. The zero-order valence-electron chi connectivity index (χ0n) is 15.6. The summed E-state index contributed by atoms with van der Waals surface area (Å²) < 4.78 is 0. The fourth-order valence-corrected chi connectivity index (χ4v) is 4.05.